The monoisotopic (exact) mass is 219 g/mol. The van der Waals surface area contributed by atoms with E-state index in [2.05, 4.69) is 9.98 Å². The smallest absolute Gasteiger partial charge is 0.233 e. The number of nitriles is 1. The molecule has 0 amide bonds. The Kier molecular flexibility index (Phi) is 7.43. The lowest BCUT2D eigenvalue weighted by Gasteiger charge is -2.10. The molecule has 1 rings (SSSR count). The van der Waals surface area contributed by atoms with Gasteiger partial charge in [0, 0.05) is 12.4 Å². The first-order valence-corrected chi connectivity index (χ1v) is 5.28. The molecule has 0 spiro atoms. The number of hydrogen-bond donors (Lipinski definition) is 0. The van der Waals surface area contributed by atoms with Gasteiger partial charge in [0.2, 0.25) is 12.1 Å². The molecule has 0 N–H and O–H groups in total. The first kappa shape index (κ1) is 14.1. The number of rotatable bonds is 2. The number of ether oxygens (including phenoxy) is 1. The van der Waals surface area contributed by atoms with Crippen molar-refractivity contribution in [1.29, 1.82) is 5.26 Å². The lowest BCUT2D eigenvalue weighted by atomic mass is 10.3. The van der Waals surface area contributed by atoms with E-state index in [0.29, 0.717) is 11.5 Å². The third-order valence-corrected chi connectivity index (χ3v) is 1.41. The van der Waals surface area contributed by atoms with Gasteiger partial charge in [0.1, 0.15) is 0 Å². The predicted octanol–water partition coefficient (Wildman–Crippen LogP) is 2.76. The molecule has 1 heterocycles. The Bertz CT molecular complexity index is 352. The summed E-state index contributed by atoms with van der Waals surface area (Å²) in [7, 11) is 0. The van der Waals surface area contributed by atoms with E-state index in [1.54, 1.807) is 30.7 Å². The van der Waals surface area contributed by atoms with Gasteiger partial charge < -0.3 is 4.74 Å². The molecule has 0 bridgehead atoms. The van der Waals surface area contributed by atoms with Crippen molar-refractivity contribution < 1.29 is 4.74 Å². The van der Waals surface area contributed by atoms with Gasteiger partial charge >= 0.3 is 0 Å². The van der Waals surface area contributed by atoms with Crippen LogP contribution in [0.3, 0.4) is 0 Å². The van der Waals surface area contributed by atoms with Crippen molar-refractivity contribution >= 4 is 5.90 Å². The van der Waals surface area contributed by atoms with Gasteiger partial charge in [0.15, 0.2) is 0 Å². The molecule has 0 saturated heterocycles. The van der Waals surface area contributed by atoms with Crippen LogP contribution in [-0.2, 0) is 4.74 Å². The lowest BCUT2D eigenvalue weighted by molar-refractivity contribution is 0.229. The highest BCUT2D eigenvalue weighted by molar-refractivity contribution is 5.94. The van der Waals surface area contributed by atoms with E-state index in [0.717, 1.165) is 0 Å². The number of aliphatic imine (C=N–C) groups is 1. The second-order valence-electron chi connectivity index (χ2n) is 2.93. The van der Waals surface area contributed by atoms with E-state index in [9.17, 15) is 0 Å². The van der Waals surface area contributed by atoms with E-state index in [1.165, 1.54) is 0 Å². The molecule has 1 aromatic heterocycles. The lowest BCUT2D eigenvalue weighted by Crippen LogP contribution is -2.12. The Morgan fingerprint density at radius 3 is 2.62 bits per heavy atom. The molecule has 0 unspecified atom stereocenters. The maximum atomic E-state index is 8.47. The Morgan fingerprint density at radius 2 is 2.19 bits per heavy atom. The van der Waals surface area contributed by atoms with Crippen LogP contribution in [0.25, 0.3) is 0 Å². The average molecular weight is 219 g/mol. The van der Waals surface area contributed by atoms with E-state index in [-0.39, 0.29) is 6.10 Å². The Labute approximate surface area is 96.6 Å². The molecular formula is C12H17N3O. The second kappa shape index (κ2) is 8.42. The van der Waals surface area contributed by atoms with Gasteiger partial charge in [-0.2, -0.15) is 5.26 Å². The Morgan fingerprint density at radius 1 is 1.50 bits per heavy atom. The molecule has 0 atom stereocenters. The topological polar surface area (TPSA) is 58.3 Å². The van der Waals surface area contributed by atoms with Crippen LogP contribution in [0.4, 0.5) is 0 Å². The van der Waals surface area contributed by atoms with Gasteiger partial charge in [-0.15, -0.1) is 4.99 Å². The summed E-state index contributed by atoms with van der Waals surface area (Å²) in [6.45, 7) is 7.76. The quantitative estimate of drug-likeness (QED) is 0.436. The van der Waals surface area contributed by atoms with Gasteiger partial charge in [-0.25, -0.2) is 0 Å². The van der Waals surface area contributed by atoms with Crippen LogP contribution in [0.5, 0.6) is 0 Å². The van der Waals surface area contributed by atoms with Crippen LogP contribution >= 0.6 is 0 Å². The predicted molar refractivity (Wildman–Crippen MR) is 64.0 cm³/mol. The van der Waals surface area contributed by atoms with Crippen molar-refractivity contribution in [3.05, 3.63) is 30.1 Å². The van der Waals surface area contributed by atoms with Crippen molar-refractivity contribution in [2.24, 2.45) is 4.99 Å². The molecule has 0 aliphatic rings. The Hall–Kier alpha value is -1.89. The van der Waals surface area contributed by atoms with Gasteiger partial charge in [-0.05, 0) is 26.0 Å². The zero-order chi connectivity index (χ0) is 12.4. The van der Waals surface area contributed by atoms with E-state index < -0.39 is 0 Å². The molecule has 0 saturated carbocycles. The van der Waals surface area contributed by atoms with Crippen LogP contribution in [0.1, 0.15) is 33.3 Å². The summed E-state index contributed by atoms with van der Waals surface area (Å²) in [6, 6.07) is 3.57. The van der Waals surface area contributed by atoms with Crippen LogP contribution in [0, 0.1) is 11.5 Å². The fourth-order valence-electron chi connectivity index (χ4n) is 0.917. The van der Waals surface area contributed by atoms with Crippen LogP contribution in [-0.4, -0.2) is 17.0 Å². The molecule has 86 valence electrons. The highest BCUT2D eigenvalue weighted by atomic mass is 16.5. The van der Waals surface area contributed by atoms with Crippen molar-refractivity contribution in [2.75, 3.05) is 0 Å². The molecule has 1 aromatic rings. The zero-order valence-corrected chi connectivity index (χ0v) is 10.1. The van der Waals surface area contributed by atoms with Crippen molar-refractivity contribution in [3.63, 3.8) is 0 Å². The van der Waals surface area contributed by atoms with Crippen LogP contribution < -0.4 is 0 Å². The first-order valence-electron chi connectivity index (χ1n) is 5.28. The largest absolute Gasteiger partial charge is 0.474 e. The number of nitrogens with zero attached hydrogens (tertiary/aromatic N) is 3. The van der Waals surface area contributed by atoms with Gasteiger partial charge in [0.25, 0.3) is 0 Å². The van der Waals surface area contributed by atoms with Crippen molar-refractivity contribution in [1.82, 2.24) is 4.98 Å². The molecule has 0 aromatic carbocycles. The molecule has 4 nitrogen and oxygen atoms in total. The SMILES string of the molecule is CC.CC(C)OC(=NC#N)c1cccnc1. The van der Waals surface area contributed by atoms with Gasteiger partial charge in [-0.3, -0.25) is 4.98 Å². The summed E-state index contributed by atoms with van der Waals surface area (Å²) in [5.41, 5.74) is 0.711. The molecule has 4 heteroatoms. The standard InChI is InChI=1S/C10H11N3O.C2H6/c1-8(2)14-10(13-7-11)9-4-3-5-12-6-9;1-2/h3-6,8H,1-2H3;1-2H3. The number of pyridine rings is 1. The molecule has 0 fully saturated rings. The summed E-state index contributed by atoms with van der Waals surface area (Å²) < 4.78 is 5.36. The maximum absolute atomic E-state index is 8.47. The van der Waals surface area contributed by atoms with E-state index in [4.69, 9.17) is 10.00 Å². The van der Waals surface area contributed by atoms with Crippen LogP contribution in [0.15, 0.2) is 29.5 Å². The first-order chi connectivity index (χ1) is 7.74. The summed E-state index contributed by atoms with van der Waals surface area (Å²) in [6.07, 6.45) is 4.96. The summed E-state index contributed by atoms with van der Waals surface area (Å²) in [5.74, 6) is 0.315. The normalized spacial score (nSPS) is 10.1. The maximum Gasteiger partial charge on any atom is 0.233 e. The summed E-state index contributed by atoms with van der Waals surface area (Å²) >= 11 is 0. The highest BCUT2D eigenvalue weighted by Crippen LogP contribution is 2.03. The minimum atomic E-state index is -0.0118. The molecule has 0 radical (unpaired) electrons. The molecular weight excluding hydrogens is 202 g/mol. The minimum Gasteiger partial charge on any atom is -0.474 e. The Balaban J connectivity index is 0.00000106. The molecule has 0 aliphatic heterocycles. The van der Waals surface area contributed by atoms with Crippen LogP contribution in [0.2, 0.25) is 0 Å². The third kappa shape index (κ3) is 5.11. The fourth-order valence-corrected chi connectivity index (χ4v) is 0.917. The zero-order valence-electron chi connectivity index (χ0n) is 10.1. The third-order valence-electron chi connectivity index (χ3n) is 1.41. The van der Waals surface area contributed by atoms with Gasteiger partial charge in [0.05, 0.1) is 11.7 Å². The van der Waals surface area contributed by atoms with Crippen molar-refractivity contribution in [2.45, 2.75) is 33.8 Å². The van der Waals surface area contributed by atoms with E-state index >= 15 is 0 Å². The second-order valence-corrected chi connectivity index (χ2v) is 2.93. The average Bonchev–Trinajstić information content (AvgIpc) is 2.32. The number of aromatic nitrogens is 1. The van der Waals surface area contributed by atoms with E-state index in [1.807, 2.05) is 27.7 Å². The fraction of sp³-hybridized carbons (Fsp3) is 0.417. The van der Waals surface area contributed by atoms with Crippen molar-refractivity contribution in [3.8, 4) is 6.19 Å². The van der Waals surface area contributed by atoms with Gasteiger partial charge in [-0.1, -0.05) is 13.8 Å². The summed E-state index contributed by atoms with van der Waals surface area (Å²) in [4.78, 5) is 7.52. The molecule has 0 aliphatic carbocycles. The minimum absolute atomic E-state index is 0.0118. The summed E-state index contributed by atoms with van der Waals surface area (Å²) in [5, 5.41) is 8.47. The number of hydrogen-bond acceptors (Lipinski definition) is 4. The highest BCUT2D eigenvalue weighted by Gasteiger charge is 2.06. The molecule has 16 heavy (non-hydrogen) atoms.